The molecule has 1 heterocycles. The smallest absolute Gasteiger partial charge is 0.412 e. The molecular formula is C20H19NO4. The number of rotatable bonds is 2. The maximum atomic E-state index is 12.4. The van der Waals surface area contributed by atoms with E-state index in [0.717, 1.165) is 0 Å². The largest absolute Gasteiger partial charge is 0.448 e. The van der Waals surface area contributed by atoms with Crippen molar-refractivity contribution in [2.24, 2.45) is 0 Å². The van der Waals surface area contributed by atoms with E-state index in [2.05, 4.69) is 24.3 Å². The van der Waals surface area contributed by atoms with Crippen molar-refractivity contribution < 1.29 is 19.1 Å². The minimum Gasteiger partial charge on any atom is -0.448 e. The minimum atomic E-state index is -0.443. The summed E-state index contributed by atoms with van der Waals surface area (Å²) in [7, 11) is 0. The van der Waals surface area contributed by atoms with Crippen molar-refractivity contribution >= 4 is 12.1 Å². The number of cyclic esters (lactones) is 1. The first-order chi connectivity index (χ1) is 12.1. The molecule has 0 saturated carbocycles. The second kappa shape index (κ2) is 6.24. The van der Waals surface area contributed by atoms with E-state index >= 15 is 0 Å². The standard InChI is InChI=1S/C20H19NO4/c1-13-10-19(22)25-12-21(13)20(23)24-11-18-16-8-4-2-6-14(16)15-7-3-5-9-17(15)18/h2-9,13,18H,10-12H2,1H3/t13-/m0/s1. The molecule has 128 valence electrons. The molecule has 1 aliphatic carbocycles. The lowest BCUT2D eigenvalue weighted by Gasteiger charge is -2.31. The highest BCUT2D eigenvalue weighted by atomic mass is 16.6. The Morgan fingerprint density at radius 3 is 2.32 bits per heavy atom. The molecule has 5 nitrogen and oxygen atoms in total. The van der Waals surface area contributed by atoms with Gasteiger partial charge in [-0.2, -0.15) is 0 Å². The maximum absolute atomic E-state index is 12.4. The van der Waals surface area contributed by atoms with Gasteiger partial charge in [-0.25, -0.2) is 4.79 Å². The Morgan fingerprint density at radius 2 is 1.72 bits per heavy atom. The van der Waals surface area contributed by atoms with E-state index in [1.807, 2.05) is 31.2 Å². The number of hydrogen-bond acceptors (Lipinski definition) is 4. The van der Waals surface area contributed by atoms with Gasteiger partial charge in [0.2, 0.25) is 0 Å². The zero-order valence-electron chi connectivity index (χ0n) is 14.0. The predicted molar refractivity (Wildman–Crippen MR) is 91.9 cm³/mol. The van der Waals surface area contributed by atoms with Crippen LogP contribution in [0.15, 0.2) is 48.5 Å². The number of carbonyl (C=O) groups is 2. The molecule has 0 unspecified atom stereocenters. The second-order valence-electron chi connectivity index (χ2n) is 6.47. The fraction of sp³-hybridized carbons (Fsp3) is 0.300. The normalized spacial score (nSPS) is 19.2. The van der Waals surface area contributed by atoms with Crippen molar-refractivity contribution in [3.05, 3.63) is 59.7 Å². The fourth-order valence-corrected chi connectivity index (χ4v) is 3.59. The summed E-state index contributed by atoms with van der Waals surface area (Å²) in [4.78, 5) is 25.1. The molecule has 2 aromatic rings. The van der Waals surface area contributed by atoms with Gasteiger partial charge in [-0.05, 0) is 29.2 Å². The molecule has 1 saturated heterocycles. The van der Waals surface area contributed by atoms with Crippen LogP contribution in [0.25, 0.3) is 11.1 Å². The molecule has 0 aromatic heterocycles. The number of esters is 1. The summed E-state index contributed by atoms with van der Waals surface area (Å²) in [5.41, 5.74) is 4.74. The van der Waals surface area contributed by atoms with Crippen LogP contribution >= 0.6 is 0 Å². The maximum Gasteiger partial charge on any atom is 0.412 e. The molecule has 0 spiro atoms. The van der Waals surface area contributed by atoms with Gasteiger partial charge < -0.3 is 9.47 Å². The van der Waals surface area contributed by atoms with E-state index in [-0.39, 0.29) is 37.7 Å². The quantitative estimate of drug-likeness (QED) is 0.787. The van der Waals surface area contributed by atoms with Gasteiger partial charge in [-0.15, -0.1) is 0 Å². The molecule has 1 atom stereocenters. The van der Waals surface area contributed by atoms with Crippen LogP contribution in [0.3, 0.4) is 0 Å². The van der Waals surface area contributed by atoms with Gasteiger partial charge in [0.15, 0.2) is 6.73 Å². The van der Waals surface area contributed by atoms with Gasteiger partial charge in [0.05, 0.1) is 6.42 Å². The molecule has 1 aliphatic heterocycles. The number of benzene rings is 2. The van der Waals surface area contributed by atoms with Crippen molar-refractivity contribution in [1.82, 2.24) is 4.90 Å². The molecule has 1 amide bonds. The van der Waals surface area contributed by atoms with Gasteiger partial charge in [-0.1, -0.05) is 48.5 Å². The number of hydrogen-bond donors (Lipinski definition) is 0. The van der Waals surface area contributed by atoms with Gasteiger partial charge >= 0.3 is 12.1 Å². The van der Waals surface area contributed by atoms with Crippen LogP contribution in [0.5, 0.6) is 0 Å². The summed E-state index contributed by atoms with van der Waals surface area (Å²) in [6.45, 7) is 2.04. The zero-order chi connectivity index (χ0) is 17.4. The van der Waals surface area contributed by atoms with E-state index in [1.54, 1.807) is 0 Å². The SMILES string of the molecule is C[C@H]1CC(=O)OCN1C(=O)OCC1c2ccccc2-c2ccccc21. The number of ether oxygens (including phenoxy) is 2. The highest BCUT2D eigenvalue weighted by molar-refractivity contribution is 5.79. The highest BCUT2D eigenvalue weighted by Gasteiger charge is 2.32. The summed E-state index contributed by atoms with van der Waals surface area (Å²) in [5, 5.41) is 0. The third kappa shape index (κ3) is 2.76. The van der Waals surface area contributed by atoms with Crippen molar-refractivity contribution in [2.45, 2.75) is 25.3 Å². The van der Waals surface area contributed by atoms with Crippen LogP contribution in [0, 0.1) is 0 Å². The van der Waals surface area contributed by atoms with E-state index in [9.17, 15) is 9.59 Å². The Labute approximate surface area is 146 Å². The second-order valence-corrected chi connectivity index (χ2v) is 6.47. The highest BCUT2D eigenvalue weighted by Crippen LogP contribution is 2.44. The van der Waals surface area contributed by atoms with Crippen LogP contribution in [-0.2, 0) is 14.3 Å². The molecule has 5 heteroatoms. The molecule has 2 aliphatic rings. The lowest BCUT2D eigenvalue weighted by atomic mass is 9.98. The number of nitrogens with zero attached hydrogens (tertiary/aromatic N) is 1. The predicted octanol–water partition coefficient (Wildman–Crippen LogP) is 3.53. The van der Waals surface area contributed by atoms with Crippen LogP contribution in [0.2, 0.25) is 0 Å². The van der Waals surface area contributed by atoms with Crippen molar-refractivity contribution in [3.8, 4) is 11.1 Å². The van der Waals surface area contributed by atoms with Crippen LogP contribution in [-0.4, -0.2) is 36.3 Å². The Hall–Kier alpha value is -2.82. The first kappa shape index (κ1) is 15.7. The Bertz CT molecular complexity index is 786. The molecule has 0 radical (unpaired) electrons. The summed E-state index contributed by atoms with van der Waals surface area (Å²) in [5.74, 6) is -0.255. The van der Waals surface area contributed by atoms with Crippen molar-refractivity contribution in [3.63, 3.8) is 0 Å². The average Bonchev–Trinajstić information content (AvgIpc) is 2.94. The fourth-order valence-electron chi connectivity index (χ4n) is 3.59. The lowest BCUT2D eigenvalue weighted by Crippen LogP contribution is -2.46. The molecule has 2 aromatic carbocycles. The van der Waals surface area contributed by atoms with Gasteiger partial charge in [0.1, 0.15) is 6.61 Å². The topological polar surface area (TPSA) is 55.8 Å². The summed E-state index contributed by atoms with van der Waals surface area (Å²) in [6, 6.07) is 16.2. The van der Waals surface area contributed by atoms with Crippen molar-refractivity contribution in [2.75, 3.05) is 13.3 Å². The monoisotopic (exact) mass is 337 g/mol. The lowest BCUT2D eigenvalue weighted by molar-refractivity contribution is -0.156. The van der Waals surface area contributed by atoms with Gasteiger partial charge in [0.25, 0.3) is 0 Å². The zero-order valence-corrected chi connectivity index (χ0v) is 14.0. The first-order valence-corrected chi connectivity index (χ1v) is 8.42. The molecule has 0 N–H and O–H groups in total. The van der Waals surface area contributed by atoms with Crippen LogP contribution < -0.4 is 0 Å². The first-order valence-electron chi connectivity index (χ1n) is 8.42. The Morgan fingerprint density at radius 1 is 1.12 bits per heavy atom. The number of carbonyl (C=O) groups excluding carboxylic acids is 2. The third-order valence-corrected chi connectivity index (χ3v) is 4.93. The molecule has 1 fully saturated rings. The molecule has 0 bridgehead atoms. The van der Waals surface area contributed by atoms with E-state index in [0.29, 0.717) is 0 Å². The number of fused-ring (bicyclic) bond motifs is 3. The van der Waals surface area contributed by atoms with Gasteiger partial charge in [-0.3, -0.25) is 9.69 Å². The van der Waals surface area contributed by atoms with Crippen LogP contribution in [0.4, 0.5) is 4.79 Å². The van der Waals surface area contributed by atoms with Gasteiger partial charge in [0, 0.05) is 12.0 Å². The Balaban J connectivity index is 1.51. The molecule has 4 rings (SSSR count). The summed E-state index contributed by atoms with van der Waals surface area (Å²) >= 11 is 0. The van der Waals surface area contributed by atoms with E-state index in [4.69, 9.17) is 9.47 Å². The third-order valence-electron chi connectivity index (χ3n) is 4.93. The van der Waals surface area contributed by atoms with E-state index in [1.165, 1.54) is 27.2 Å². The summed E-state index contributed by atoms with van der Waals surface area (Å²) < 4.78 is 10.5. The minimum absolute atomic E-state index is 0.0268. The van der Waals surface area contributed by atoms with E-state index < -0.39 is 6.09 Å². The van der Waals surface area contributed by atoms with Crippen molar-refractivity contribution in [1.29, 1.82) is 0 Å². The number of amides is 1. The Kier molecular flexibility index (Phi) is 3.92. The summed E-state index contributed by atoms with van der Waals surface area (Å²) in [6.07, 6.45) is -0.244. The molecule has 25 heavy (non-hydrogen) atoms. The molecular weight excluding hydrogens is 318 g/mol. The van der Waals surface area contributed by atoms with Crippen LogP contribution in [0.1, 0.15) is 30.4 Å². The average molecular weight is 337 g/mol.